The largest absolute Gasteiger partial charge is 0.383 e. The molecule has 3 nitrogen and oxygen atoms in total. The van der Waals surface area contributed by atoms with Crippen LogP contribution < -0.4 is 0 Å². The number of pyridine rings is 1. The van der Waals surface area contributed by atoms with Gasteiger partial charge in [-0.3, -0.25) is 4.98 Å². The molecule has 21 heavy (non-hydrogen) atoms. The third-order valence-corrected chi connectivity index (χ3v) is 4.23. The van der Waals surface area contributed by atoms with E-state index in [0.29, 0.717) is 29.0 Å². The molecule has 2 aromatic rings. The van der Waals surface area contributed by atoms with Gasteiger partial charge in [0.1, 0.15) is 11.1 Å². The number of halogens is 2. The van der Waals surface area contributed by atoms with Gasteiger partial charge in [0, 0.05) is 35.2 Å². The standard InChI is InChI=1S/C16H17ClFNO2/c1-9(2)14-11-5-10(17)6-13(18)15(11)19-7-12(14)16(20)3-4-21-8-16/h5-7,9,20H,3-4,8H2,1-2H3. The molecule has 1 fully saturated rings. The number of benzene rings is 1. The minimum absolute atomic E-state index is 0.105. The highest BCUT2D eigenvalue weighted by Gasteiger charge is 2.37. The van der Waals surface area contributed by atoms with Gasteiger partial charge in [-0.25, -0.2) is 4.39 Å². The predicted octanol–water partition coefficient (Wildman–Crippen LogP) is 3.76. The Morgan fingerprint density at radius 3 is 2.81 bits per heavy atom. The van der Waals surface area contributed by atoms with Crippen LogP contribution in [-0.2, 0) is 10.3 Å². The number of aromatic nitrogens is 1. The maximum absolute atomic E-state index is 14.1. The molecular formula is C16H17ClFNO2. The van der Waals surface area contributed by atoms with Gasteiger partial charge < -0.3 is 9.84 Å². The molecule has 5 heteroatoms. The fourth-order valence-electron chi connectivity index (χ4n) is 3.01. The summed E-state index contributed by atoms with van der Waals surface area (Å²) in [6.07, 6.45) is 2.09. The molecule has 0 bridgehead atoms. The number of rotatable bonds is 2. The van der Waals surface area contributed by atoms with Gasteiger partial charge in [-0.1, -0.05) is 25.4 Å². The zero-order valence-electron chi connectivity index (χ0n) is 12.0. The molecular weight excluding hydrogens is 293 g/mol. The van der Waals surface area contributed by atoms with E-state index in [-0.39, 0.29) is 18.0 Å². The van der Waals surface area contributed by atoms with Crippen molar-refractivity contribution < 1.29 is 14.2 Å². The van der Waals surface area contributed by atoms with Gasteiger partial charge in [-0.2, -0.15) is 0 Å². The van der Waals surface area contributed by atoms with Gasteiger partial charge in [0.2, 0.25) is 0 Å². The summed E-state index contributed by atoms with van der Waals surface area (Å²) < 4.78 is 19.4. The molecule has 0 aliphatic carbocycles. The van der Waals surface area contributed by atoms with E-state index in [2.05, 4.69) is 4.98 Å². The fraction of sp³-hybridized carbons (Fsp3) is 0.438. The van der Waals surface area contributed by atoms with Crippen molar-refractivity contribution in [3.8, 4) is 0 Å². The second-order valence-corrected chi connectivity index (χ2v) is 6.29. The van der Waals surface area contributed by atoms with Crippen molar-refractivity contribution in [2.45, 2.75) is 31.8 Å². The van der Waals surface area contributed by atoms with Gasteiger partial charge in [0.15, 0.2) is 5.82 Å². The first kappa shape index (κ1) is 14.7. The lowest BCUT2D eigenvalue weighted by Crippen LogP contribution is -2.28. The molecule has 1 aliphatic heterocycles. The molecule has 112 valence electrons. The summed E-state index contributed by atoms with van der Waals surface area (Å²) in [5.41, 5.74) is 0.826. The van der Waals surface area contributed by atoms with E-state index in [1.165, 1.54) is 6.07 Å². The lowest BCUT2D eigenvalue weighted by atomic mass is 9.84. The van der Waals surface area contributed by atoms with Crippen LogP contribution in [0.5, 0.6) is 0 Å². The molecule has 1 N–H and O–H groups in total. The minimum atomic E-state index is -1.06. The summed E-state index contributed by atoms with van der Waals surface area (Å²) in [6, 6.07) is 2.97. The van der Waals surface area contributed by atoms with E-state index < -0.39 is 11.4 Å². The predicted molar refractivity (Wildman–Crippen MR) is 80.1 cm³/mol. The van der Waals surface area contributed by atoms with E-state index in [1.54, 1.807) is 12.3 Å². The molecule has 0 radical (unpaired) electrons. The van der Waals surface area contributed by atoms with Gasteiger partial charge in [-0.15, -0.1) is 0 Å². The first-order chi connectivity index (χ1) is 9.92. The summed E-state index contributed by atoms with van der Waals surface area (Å²) in [4.78, 5) is 4.21. The van der Waals surface area contributed by atoms with E-state index in [4.69, 9.17) is 16.3 Å². The van der Waals surface area contributed by atoms with Crippen LogP contribution in [0, 0.1) is 5.82 Å². The summed E-state index contributed by atoms with van der Waals surface area (Å²) in [6.45, 7) is 4.77. The molecule has 1 saturated heterocycles. The summed E-state index contributed by atoms with van der Waals surface area (Å²) in [5.74, 6) is -0.339. The molecule has 0 saturated carbocycles. The molecule has 0 spiro atoms. The smallest absolute Gasteiger partial charge is 0.150 e. The molecule has 1 unspecified atom stereocenters. The Hall–Kier alpha value is -1.23. The second-order valence-electron chi connectivity index (χ2n) is 5.86. The van der Waals surface area contributed by atoms with E-state index >= 15 is 0 Å². The Morgan fingerprint density at radius 1 is 1.43 bits per heavy atom. The monoisotopic (exact) mass is 309 g/mol. The van der Waals surface area contributed by atoms with Gasteiger partial charge >= 0.3 is 0 Å². The van der Waals surface area contributed by atoms with Crippen molar-refractivity contribution in [1.82, 2.24) is 4.98 Å². The zero-order chi connectivity index (χ0) is 15.2. The zero-order valence-corrected chi connectivity index (χ0v) is 12.7. The summed E-state index contributed by atoms with van der Waals surface area (Å²) in [5, 5.41) is 11.8. The van der Waals surface area contributed by atoms with Crippen molar-refractivity contribution >= 4 is 22.5 Å². The van der Waals surface area contributed by atoms with Gasteiger partial charge in [0.25, 0.3) is 0 Å². The van der Waals surface area contributed by atoms with Crippen LogP contribution in [0.2, 0.25) is 5.02 Å². The summed E-state index contributed by atoms with van der Waals surface area (Å²) >= 11 is 5.99. The minimum Gasteiger partial charge on any atom is -0.383 e. The SMILES string of the molecule is CC(C)c1c(C2(O)CCOC2)cnc2c(F)cc(Cl)cc12. The van der Waals surface area contributed by atoms with Gasteiger partial charge in [0.05, 0.1) is 6.61 Å². The highest BCUT2D eigenvalue weighted by molar-refractivity contribution is 6.31. The van der Waals surface area contributed by atoms with Crippen LogP contribution in [0.4, 0.5) is 4.39 Å². The van der Waals surface area contributed by atoms with Crippen LogP contribution in [0.1, 0.15) is 37.3 Å². The fourth-order valence-corrected chi connectivity index (χ4v) is 3.21. The van der Waals surface area contributed by atoms with E-state index in [0.717, 1.165) is 5.56 Å². The third kappa shape index (κ3) is 2.41. The Labute approximate surface area is 127 Å². The average molecular weight is 310 g/mol. The summed E-state index contributed by atoms with van der Waals surface area (Å²) in [7, 11) is 0. The van der Waals surface area contributed by atoms with Crippen molar-refractivity contribution in [3.05, 3.63) is 40.3 Å². The van der Waals surface area contributed by atoms with Crippen LogP contribution in [0.3, 0.4) is 0 Å². The van der Waals surface area contributed by atoms with Crippen molar-refractivity contribution in [1.29, 1.82) is 0 Å². The van der Waals surface area contributed by atoms with Crippen molar-refractivity contribution in [2.75, 3.05) is 13.2 Å². The molecule has 0 amide bonds. The number of nitrogens with zero attached hydrogens (tertiary/aromatic N) is 1. The second kappa shape index (κ2) is 5.20. The van der Waals surface area contributed by atoms with Crippen LogP contribution in [0.25, 0.3) is 10.9 Å². The Kier molecular flexibility index (Phi) is 3.64. The lowest BCUT2D eigenvalue weighted by Gasteiger charge is -2.26. The van der Waals surface area contributed by atoms with Crippen molar-refractivity contribution in [2.24, 2.45) is 0 Å². The topological polar surface area (TPSA) is 42.4 Å². The Balaban J connectivity index is 2.34. The Bertz CT molecular complexity index is 696. The number of hydrogen-bond donors (Lipinski definition) is 1. The first-order valence-corrected chi connectivity index (χ1v) is 7.38. The highest BCUT2D eigenvalue weighted by atomic mass is 35.5. The maximum Gasteiger partial charge on any atom is 0.150 e. The quantitative estimate of drug-likeness (QED) is 0.918. The lowest BCUT2D eigenvalue weighted by molar-refractivity contribution is 0.0221. The maximum atomic E-state index is 14.1. The number of fused-ring (bicyclic) bond motifs is 1. The number of ether oxygens (including phenoxy) is 1. The van der Waals surface area contributed by atoms with E-state index in [9.17, 15) is 9.50 Å². The van der Waals surface area contributed by atoms with E-state index in [1.807, 2.05) is 13.8 Å². The normalized spacial score (nSPS) is 22.4. The van der Waals surface area contributed by atoms with Crippen LogP contribution in [0.15, 0.2) is 18.3 Å². The van der Waals surface area contributed by atoms with Gasteiger partial charge in [-0.05, 0) is 23.6 Å². The molecule has 1 aromatic carbocycles. The first-order valence-electron chi connectivity index (χ1n) is 7.00. The molecule has 1 aliphatic rings. The molecule has 1 atom stereocenters. The number of hydrogen-bond acceptors (Lipinski definition) is 3. The highest BCUT2D eigenvalue weighted by Crippen LogP contribution is 2.39. The Morgan fingerprint density at radius 2 is 2.19 bits per heavy atom. The van der Waals surface area contributed by atoms with Crippen molar-refractivity contribution in [3.63, 3.8) is 0 Å². The van der Waals surface area contributed by atoms with Crippen LogP contribution in [-0.4, -0.2) is 23.3 Å². The molecule has 2 heterocycles. The third-order valence-electron chi connectivity index (χ3n) is 4.01. The molecule has 3 rings (SSSR count). The number of aliphatic hydroxyl groups is 1. The molecule has 1 aromatic heterocycles. The van der Waals surface area contributed by atoms with Crippen LogP contribution >= 0.6 is 11.6 Å². The average Bonchev–Trinajstić information content (AvgIpc) is 2.85.